The van der Waals surface area contributed by atoms with Crippen LogP contribution >= 0.6 is 15.9 Å². The number of phenols is 1. The van der Waals surface area contributed by atoms with Crippen LogP contribution in [0.3, 0.4) is 0 Å². The highest BCUT2D eigenvalue weighted by molar-refractivity contribution is 9.09. The van der Waals surface area contributed by atoms with Crippen LogP contribution in [-0.2, 0) is 4.79 Å². The van der Waals surface area contributed by atoms with Gasteiger partial charge < -0.3 is 10.0 Å². The third kappa shape index (κ3) is 1.97. The summed E-state index contributed by atoms with van der Waals surface area (Å²) in [6.45, 7) is 0.546. The third-order valence-electron chi connectivity index (χ3n) is 2.32. The highest BCUT2D eigenvalue weighted by Gasteiger charge is 2.29. The van der Waals surface area contributed by atoms with E-state index in [9.17, 15) is 14.3 Å². The Balaban J connectivity index is 2.30. The molecule has 1 N–H and O–H groups in total. The zero-order chi connectivity index (χ0) is 11.0. The maximum absolute atomic E-state index is 12.8. The van der Waals surface area contributed by atoms with Crippen LogP contribution in [0.4, 0.5) is 10.1 Å². The van der Waals surface area contributed by atoms with Gasteiger partial charge in [0.15, 0.2) is 11.6 Å². The molecule has 1 saturated heterocycles. The fraction of sp³-hybridized carbons (Fsp3) is 0.300. The van der Waals surface area contributed by atoms with Crippen LogP contribution in [0.2, 0.25) is 0 Å². The van der Waals surface area contributed by atoms with Crippen molar-refractivity contribution >= 4 is 27.5 Å². The molecule has 1 aliphatic rings. The number of aromatic hydroxyl groups is 1. The highest BCUT2D eigenvalue weighted by atomic mass is 79.9. The molecule has 1 aromatic rings. The Kier molecular flexibility index (Phi) is 2.65. The van der Waals surface area contributed by atoms with Crippen molar-refractivity contribution in [3.63, 3.8) is 0 Å². The van der Waals surface area contributed by atoms with Crippen molar-refractivity contribution < 1.29 is 14.3 Å². The van der Waals surface area contributed by atoms with Crippen molar-refractivity contribution in [1.82, 2.24) is 0 Å². The molecule has 3 nitrogen and oxygen atoms in total. The first-order chi connectivity index (χ1) is 7.08. The van der Waals surface area contributed by atoms with Crippen LogP contribution in [0.5, 0.6) is 5.75 Å². The predicted molar refractivity (Wildman–Crippen MR) is 57.7 cm³/mol. The van der Waals surface area contributed by atoms with Gasteiger partial charge in [0.25, 0.3) is 0 Å². The third-order valence-corrected chi connectivity index (χ3v) is 2.93. The van der Waals surface area contributed by atoms with Gasteiger partial charge in [-0.05, 0) is 12.1 Å². The first kappa shape index (κ1) is 10.4. The number of carbonyl (C=O) groups excluding carboxylic acids is 1. The molecule has 0 spiro atoms. The number of nitrogens with zero attached hydrogens (tertiary/aromatic N) is 1. The van der Waals surface area contributed by atoms with E-state index in [4.69, 9.17) is 0 Å². The number of benzene rings is 1. The number of anilines is 1. The van der Waals surface area contributed by atoms with Crippen molar-refractivity contribution in [2.24, 2.45) is 0 Å². The summed E-state index contributed by atoms with van der Waals surface area (Å²) < 4.78 is 12.8. The lowest BCUT2D eigenvalue weighted by molar-refractivity contribution is -0.117. The number of carbonyl (C=O) groups is 1. The van der Waals surface area contributed by atoms with Crippen LogP contribution < -0.4 is 4.90 Å². The Morgan fingerprint density at radius 2 is 2.27 bits per heavy atom. The zero-order valence-electron chi connectivity index (χ0n) is 7.78. The van der Waals surface area contributed by atoms with Crippen LogP contribution in [-0.4, -0.2) is 22.4 Å². The number of halogens is 2. The minimum atomic E-state index is -0.680. The number of hydrogen-bond acceptors (Lipinski definition) is 2. The average molecular weight is 274 g/mol. The molecule has 5 heteroatoms. The number of rotatable bonds is 1. The lowest BCUT2D eigenvalue weighted by Crippen LogP contribution is -2.24. The summed E-state index contributed by atoms with van der Waals surface area (Å²) in [6, 6.07) is 3.90. The smallest absolute Gasteiger partial charge is 0.228 e. The Morgan fingerprint density at radius 1 is 1.53 bits per heavy atom. The summed E-state index contributed by atoms with van der Waals surface area (Å²) in [5, 5.41) is 9.19. The standard InChI is InChI=1S/C10H9BrFNO2/c11-6-3-10(15)13(5-6)7-1-2-8(12)9(14)4-7/h1-2,4,6,14H,3,5H2. The Morgan fingerprint density at radius 3 is 2.80 bits per heavy atom. The summed E-state index contributed by atoms with van der Waals surface area (Å²) >= 11 is 3.35. The van der Waals surface area contributed by atoms with Gasteiger partial charge in [-0.3, -0.25) is 4.79 Å². The van der Waals surface area contributed by atoms with Crippen molar-refractivity contribution in [2.75, 3.05) is 11.4 Å². The van der Waals surface area contributed by atoms with Gasteiger partial charge in [0.1, 0.15) is 0 Å². The van der Waals surface area contributed by atoms with Crippen molar-refractivity contribution in [3.8, 4) is 5.75 Å². The quantitative estimate of drug-likeness (QED) is 0.796. The molecule has 1 aliphatic heterocycles. The second-order valence-corrected chi connectivity index (χ2v) is 4.74. The van der Waals surface area contributed by atoms with E-state index in [0.29, 0.717) is 18.7 Å². The molecule has 0 aromatic heterocycles. The van der Waals surface area contributed by atoms with E-state index in [-0.39, 0.29) is 10.7 Å². The van der Waals surface area contributed by atoms with E-state index in [0.717, 1.165) is 6.07 Å². The molecule has 0 aliphatic carbocycles. The SMILES string of the molecule is O=C1CC(Br)CN1c1ccc(F)c(O)c1. The minimum Gasteiger partial charge on any atom is -0.505 e. The maximum Gasteiger partial charge on any atom is 0.228 e. The van der Waals surface area contributed by atoms with Crippen molar-refractivity contribution in [3.05, 3.63) is 24.0 Å². The molecule has 1 heterocycles. The predicted octanol–water partition coefficient (Wildman–Crippen LogP) is 2.03. The second kappa shape index (κ2) is 3.81. The van der Waals surface area contributed by atoms with E-state index in [1.807, 2.05) is 0 Å². The molecule has 1 atom stereocenters. The van der Waals surface area contributed by atoms with Gasteiger partial charge in [-0.2, -0.15) is 0 Å². The van der Waals surface area contributed by atoms with E-state index in [2.05, 4.69) is 15.9 Å². The topological polar surface area (TPSA) is 40.5 Å². The molecule has 15 heavy (non-hydrogen) atoms. The summed E-state index contributed by atoms with van der Waals surface area (Å²) in [7, 11) is 0. The zero-order valence-corrected chi connectivity index (χ0v) is 9.37. The Bertz CT molecular complexity index is 410. The number of hydrogen-bond donors (Lipinski definition) is 1. The number of amides is 1. The van der Waals surface area contributed by atoms with Crippen LogP contribution in [0, 0.1) is 5.82 Å². The second-order valence-electron chi connectivity index (χ2n) is 3.44. The summed E-state index contributed by atoms with van der Waals surface area (Å²) in [4.78, 5) is 13.2. The molecule has 0 saturated carbocycles. The van der Waals surface area contributed by atoms with E-state index in [1.165, 1.54) is 17.0 Å². The molecule has 0 radical (unpaired) electrons. The molecule has 2 rings (SSSR count). The van der Waals surface area contributed by atoms with Crippen LogP contribution in [0.25, 0.3) is 0 Å². The Labute approximate surface area is 94.6 Å². The van der Waals surface area contributed by atoms with E-state index in [1.54, 1.807) is 0 Å². The van der Waals surface area contributed by atoms with Gasteiger partial charge in [0, 0.05) is 29.5 Å². The summed E-state index contributed by atoms with van der Waals surface area (Å²) in [5.74, 6) is -1.14. The molecule has 0 bridgehead atoms. The fourth-order valence-corrected chi connectivity index (χ4v) is 2.15. The van der Waals surface area contributed by atoms with Gasteiger partial charge in [0.05, 0.1) is 0 Å². The monoisotopic (exact) mass is 273 g/mol. The average Bonchev–Trinajstić information content (AvgIpc) is 2.50. The van der Waals surface area contributed by atoms with Gasteiger partial charge in [-0.1, -0.05) is 15.9 Å². The largest absolute Gasteiger partial charge is 0.505 e. The summed E-state index contributed by atoms with van der Waals surface area (Å²) in [5.41, 5.74) is 0.529. The number of phenolic OH excluding ortho intramolecular Hbond substituents is 1. The molecular weight excluding hydrogens is 265 g/mol. The van der Waals surface area contributed by atoms with Gasteiger partial charge in [-0.15, -0.1) is 0 Å². The first-order valence-corrected chi connectivity index (χ1v) is 5.42. The van der Waals surface area contributed by atoms with E-state index >= 15 is 0 Å². The van der Waals surface area contributed by atoms with Crippen LogP contribution in [0.15, 0.2) is 18.2 Å². The van der Waals surface area contributed by atoms with E-state index < -0.39 is 11.6 Å². The normalized spacial score (nSPS) is 21.1. The van der Waals surface area contributed by atoms with Crippen molar-refractivity contribution in [1.29, 1.82) is 0 Å². The molecule has 1 fully saturated rings. The van der Waals surface area contributed by atoms with Gasteiger partial charge in [-0.25, -0.2) is 4.39 Å². The van der Waals surface area contributed by atoms with Gasteiger partial charge in [0.2, 0.25) is 5.91 Å². The fourth-order valence-electron chi connectivity index (χ4n) is 1.58. The van der Waals surface area contributed by atoms with Gasteiger partial charge >= 0.3 is 0 Å². The molecule has 80 valence electrons. The lowest BCUT2D eigenvalue weighted by Gasteiger charge is -2.16. The molecule has 1 amide bonds. The number of alkyl halides is 1. The molecule has 1 unspecified atom stereocenters. The first-order valence-electron chi connectivity index (χ1n) is 4.51. The highest BCUT2D eigenvalue weighted by Crippen LogP contribution is 2.28. The Hall–Kier alpha value is -1.10. The minimum absolute atomic E-state index is 0.0251. The maximum atomic E-state index is 12.8. The van der Waals surface area contributed by atoms with Crippen molar-refractivity contribution in [2.45, 2.75) is 11.2 Å². The molecular formula is C10H9BrFNO2. The summed E-state index contributed by atoms with van der Waals surface area (Å²) in [6.07, 6.45) is 0.429. The lowest BCUT2D eigenvalue weighted by atomic mass is 10.2. The van der Waals surface area contributed by atoms with Crippen LogP contribution in [0.1, 0.15) is 6.42 Å². The molecule has 1 aromatic carbocycles.